The number of hydrogen-bond acceptors (Lipinski definition) is 8. The standard InChI is InChI=1S/C39H45N5O6/c1-6-28-26-11-12-29(42-35(26)34(41-28)23-13-15-43(16-14-23)24-19-44(20-24)38(48)49)31-18-27-30(40-31)17-21(2)32(36(37(46)47)50-39(3,4)5)33(27)22-7-9-25(45)10-8-22/h7-12,17,23-24,28,36,45H,6,13-16,18-20H2,1-5H3,(H,46,47)(H,48,49). The molecule has 0 radical (unpaired) electrons. The van der Waals surface area contributed by atoms with Gasteiger partial charge in [0.05, 0.1) is 40.1 Å². The van der Waals surface area contributed by atoms with Gasteiger partial charge in [-0.05, 0) is 107 Å². The fourth-order valence-corrected chi connectivity index (χ4v) is 7.91. The Bertz CT molecular complexity index is 1900. The summed E-state index contributed by atoms with van der Waals surface area (Å²) in [6.45, 7) is 12.6. The van der Waals surface area contributed by atoms with Gasteiger partial charge in [-0.25, -0.2) is 14.6 Å². The number of nitrogens with zero attached hydrogens (tertiary/aromatic N) is 5. The van der Waals surface area contributed by atoms with Crippen LogP contribution in [0.4, 0.5) is 10.5 Å². The normalized spacial score (nSPS) is 20.2. The summed E-state index contributed by atoms with van der Waals surface area (Å²) in [6.07, 6.45) is 1.20. The molecule has 262 valence electrons. The number of aromatic nitrogens is 1. The molecule has 2 saturated heterocycles. The lowest BCUT2D eigenvalue weighted by molar-refractivity contribution is -0.160. The minimum absolute atomic E-state index is 0.0696. The maximum absolute atomic E-state index is 12.7. The van der Waals surface area contributed by atoms with Gasteiger partial charge in [-0.1, -0.05) is 25.1 Å². The van der Waals surface area contributed by atoms with Crippen molar-refractivity contribution in [2.45, 2.75) is 84.1 Å². The van der Waals surface area contributed by atoms with E-state index in [1.165, 1.54) is 4.90 Å². The largest absolute Gasteiger partial charge is 0.508 e. The molecule has 2 unspecified atom stereocenters. The Morgan fingerprint density at radius 3 is 2.36 bits per heavy atom. The second kappa shape index (κ2) is 12.9. The van der Waals surface area contributed by atoms with Crippen LogP contribution in [-0.4, -0.2) is 91.4 Å². The van der Waals surface area contributed by atoms with E-state index in [1.54, 1.807) is 12.1 Å². The molecule has 11 heteroatoms. The molecule has 5 heterocycles. The third-order valence-electron chi connectivity index (χ3n) is 10.4. The van der Waals surface area contributed by atoms with Crippen molar-refractivity contribution in [3.05, 3.63) is 76.1 Å². The number of carboxylic acids is 1. The number of fused-ring (bicyclic) bond motifs is 2. The van der Waals surface area contributed by atoms with E-state index in [0.717, 1.165) is 88.7 Å². The molecule has 50 heavy (non-hydrogen) atoms. The summed E-state index contributed by atoms with van der Waals surface area (Å²) in [6, 6.07) is 13.3. The number of amides is 1. The number of phenols is 1. The monoisotopic (exact) mass is 679 g/mol. The molecule has 1 amide bonds. The number of aliphatic carboxylic acids is 1. The van der Waals surface area contributed by atoms with Crippen molar-refractivity contribution in [2.75, 3.05) is 26.2 Å². The number of aliphatic imine (C=N–C) groups is 2. The van der Waals surface area contributed by atoms with Gasteiger partial charge >= 0.3 is 12.1 Å². The molecule has 2 atom stereocenters. The van der Waals surface area contributed by atoms with Crippen molar-refractivity contribution in [2.24, 2.45) is 15.9 Å². The van der Waals surface area contributed by atoms with Gasteiger partial charge in [0.25, 0.3) is 0 Å². The zero-order valence-corrected chi connectivity index (χ0v) is 29.3. The molecular formula is C39H45N5O6. The fraction of sp³-hybridized carbons (Fsp3) is 0.462. The van der Waals surface area contributed by atoms with Gasteiger partial charge in [0, 0.05) is 42.6 Å². The third kappa shape index (κ3) is 6.28. The smallest absolute Gasteiger partial charge is 0.407 e. The summed E-state index contributed by atoms with van der Waals surface area (Å²) < 4.78 is 6.17. The quantitative estimate of drug-likeness (QED) is 0.238. The number of aryl methyl sites for hydroxylation is 1. The molecule has 2 fully saturated rings. The predicted octanol–water partition coefficient (Wildman–Crippen LogP) is 6.71. The number of aromatic hydroxyl groups is 1. The number of likely N-dealkylation sites (tertiary alicyclic amines) is 2. The average Bonchev–Trinajstić information content (AvgIpc) is 3.64. The molecule has 4 aliphatic rings. The number of ether oxygens (including phenoxy) is 1. The molecule has 0 spiro atoms. The van der Waals surface area contributed by atoms with Crippen LogP contribution in [0.3, 0.4) is 0 Å². The predicted molar refractivity (Wildman–Crippen MR) is 191 cm³/mol. The number of phenolic OH excluding ortho intramolecular Hbond substituents is 1. The van der Waals surface area contributed by atoms with Gasteiger partial charge < -0.3 is 25.0 Å². The van der Waals surface area contributed by atoms with Crippen molar-refractivity contribution in [1.29, 1.82) is 0 Å². The molecule has 0 bridgehead atoms. The molecule has 7 rings (SSSR count). The first-order valence-corrected chi connectivity index (χ1v) is 17.6. The van der Waals surface area contributed by atoms with Gasteiger partial charge in [0.2, 0.25) is 0 Å². The minimum atomic E-state index is -1.21. The van der Waals surface area contributed by atoms with Gasteiger partial charge in [-0.2, -0.15) is 0 Å². The van der Waals surface area contributed by atoms with E-state index in [9.17, 15) is 24.9 Å². The van der Waals surface area contributed by atoms with Crippen LogP contribution in [0, 0.1) is 12.8 Å². The van der Waals surface area contributed by atoms with E-state index in [2.05, 4.69) is 17.9 Å². The van der Waals surface area contributed by atoms with Gasteiger partial charge in [0.1, 0.15) is 5.75 Å². The Morgan fingerprint density at radius 1 is 1.04 bits per heavy atom. The molecule has 2 aromatic carbocycles. The fourth-order valence-electron chi connectivity index (χ4n) is 7.91. The highest BCUT2D eigenvalue weighted by molar-refractivity contribution is 6.09. The first-order valence-electron chi connectivity index (χ1n) is 17.6. The number of benzene rings is 2. The lowest BCUT2D eigenvalue weighted by atomic mass is 9.86. The zero-order valence-electron chi connectivity index (χ0n) is 29.3. The van der Waals surface area contributed by atoms with E-state index >= 15 is 0 Å². The maximum atomic E-state index is 12.7. The molecule has 4 aliphatic heterocycles. The topological polar surface area (TPSA) is 148 Å². The van der Waals surface area contributed by atoms with Crippen LogP contribution in [0.25, 0.3) is 11.1 Å². The molecule has 0 aliphatic carbocycles. The van der Waals surface area contributed by atoms with Crippen LogP contribution >= 0.6 is 0 Å². The van der Waals surface area contributed by atoms with Crippen molar-refractivity contribution in [3.63, 3.8) is 0 Å². The first-order chi connectivity index (χ1) is 23.8. The average molecular weight is 680 g/mol. The van der Waals surface area contributed by atoms with Crippen LogP contribution < -0.4 is 0 Å². The summed E-state index contributed by atoms with van der Waals surface area (Å²) in [7, 11) is 0. The van der Waals surface area contributed by atoms with Crippen LogP contribution in [0.2, 0.25) is 0 Å². The lowest BCUT2D eigenvalue weighted by Gasteiger charge is -2.46. The summed E-state index contributed by atoms with van der Waals surface area (Å²) >= 11 is 0. The number of carbonyl (C=O) groups is 2. The summed E-state index contributed by atoms with van der Waals surface area (Å²) in [5, 5.41) is 29.8. The zero-order chi connectivity index (χ0) is 35.5. The summed E-state index contributed by atoms with van der Waals surface area (Å²) in [5.41, 5.74) is 8.61. The highest BCUT2D eigenvalue weighted by atomic mass is 16.5. The van der Waals surface area contributed by atoms with Gasteiger partial charge in [-0.3, -0.25) is 14.9 Å². The molecule has 3 N–H and O–H groups in total. The van der Waals surface area contributed by atoms with Crippen LogP contribution in [-0.2, 0) is 16.0 Å². The highest BCUT2D eigenvalue weighted by Gasteiger charge is 2.39. The van der Waals surface area contributed by atoms with Gasteiger partial charge in [0.15, 0.2) is 6.10 Å². The molecular weight excluding hydrogens is 634 g/mol. The van der Waals surface area contributed by atoms with E-state index in [4.69, 9.17) is 19.7 Å². The summed E-state index contributed by atoms with van der Waals surface area (Å²) in [4.78, 5) is 43.5. The Balaban J connectivity index is 1.20. The Morgan fingerprint density at radius 2 is 1.74 bits per heavy atom. The maximum Gasteiger partial charge on any atom is 0.407 e. The third-order valence-corrected chi connectivity index (χ3v) is 10.4. The number of rotatable bonds is 8. The number of piperidine rings is 1. The second-order valence-corrected chi connectivity index (χ2v) is 14.9. The number of hydrogen-bond donors (Lipinski definition) is 3. The Labute approximate surface area is 292 Å². The molecule has 3 aromatic rings. The number of carboxylic acid groups (broad SMARTS) is 2. The minimum Gasteiger partial charge on any atom is -0.508 e. The molecule has 11 nitrogen and oxygen atoms in total. The number of pyridine rings is 1. The highest BCUT2D eigenvalue weighted by Crippen LogP contribution is 2.45. The van der Waals surface area contributed by atoms with E-state index < -0.39 is 23.8 Å². The molecule has 0 saturated carbocycles. The van der Waals surface area contributed by atoms with Crippen molar-refractivity contribution < 1.29 is 29.6 Å². The van der Waals surface area contributed by atoms with Crippen LogP contribution in [0.1, 0.15) is 92.7 Å². The van der Waals surface area contributed by atoms with Crippen LogP contribution in [0.15, 0.2) is 52.4 Å². The SMILES string of the molecule is CCC1N=C(C2CCN(C3CN(C(=O)O)C3)CC2)c2nc(C3=Nc4cc(C)c(C(OC(C)(C)C)C(=O)O)c(-c5ccc(O)cc5)c4C3)ccc21. The van der Waals surface area contributed by atoms with E-state index in [0.29, 0.717) is 31.1 Å². The van der Waals surface area contributed by atoms with Crippen molar-refractivity contribution >= 4 is 29.2 Å². The van der Waals surface area contributed by atoms with E-state index in [-0.39, 0.29) is 17.7 Å². The van der Waals surface area contributed by atoms with Crippen molar-refractivity contribution in [1.82, 2.24) is 14.8 Å². The summed E-state index contributed by atoms with van der Waals surface area (Å²) in [5.74, 6) is -0.661. The Hall–Kier alpha value is -4.61. The first kappa shape index (κ1) is 33.9. The van der Waals surface area contributed by atoms with Gasteiger partial charge in [-0.15, -0.1) is 0 Å². The van der Waals surface area contributed by atoms with Crippen LogP contribution in [0.5, 0.6) is 5.75 Å². The molecule has 1 aromatic heterocycles. The second-order valence-electron chi connectivity index (χ2n) is 14.9. The Kier molecular flexibility index (Phi) is 8.76. The van der Waals surface area contributed by atoms with Crippen molar-refractivity contribution in [3.8, 4) is 16.9 Å². The lowest BCUT2D eigenvalue weighted by Crippen LogP contribution is -2.62. The van der Waals surface area contributed by atoms with E-state index in [1.807, 2.05) is 52.0 Å².